The van der Waals surface area contributed by atoms with E-state index in [1.807, 2.05) is 6.07 Å². The van der Waals surface area contributed by atoms with Gasteiger partial charge in [-0.1, -0.05) is 12.1 Å². The largest absolute Gasteiger partial charge is 0.478 e. The van der Waals surface area contributed by atoms with Crippen molar-refractivity contribution in [1.29, 1.82) is 5.26 Å². The first-order valence-corrected chi connectivity index (χ1v) is 7.77. The van der Waals surface area contributed by atoms with Crippen molar-refractivity contribution in [3.05, 3.63) is 71.5 Å². The molecule has 1 heterocycles. The summed E-state index contributed by atoms with van der Waals surface area (Å²) in [6.07, 6.45) is 0. The van der Waals surface area contributed by atoms with Crippen molar-refractivity contribution in [2.24, 2.45) is 0 Å². The summed E-state index contributed by atoms with van der Waals surface area (Å²) in [5.41, 5.74) is 2.08. The summed E-state index contributed by atoms with van der Waals surface area (Å²) in [5, 5.41) is 24.3. The van der Waals surface area contributed by atoms with Crippen LogP contribution < -0.4 is 10.6 Å². The average Bonchev–Trinajstić information content (AvgIpc) is 2.61. The quantitative estimate of drug-likeness (QED) is 0.644. The summed E-state index contributed by atoms with van der Waals surface area (Å²) in [6, 6.07) is 17.3. The monoisotopic (exact) mass is 345 g/mol. The molecule has 0 amide bonds. The second-order valence-corrected chi connectivity index (χ2v) is 5.51. The molecule has 0 aliphatic carbocycles. The number of hydrogen-bond donors (Lipinski definition) is 3. The van der Waals surface area contributed by atoms with Crippen LogP contribution in [-0.2, 0) is 0 Å². The van der Waals surface area contributed by atoms with Gasteiger partial charge in [0.1, 0.15) is 17.5 Å². The molecule has 0 aliphatic rings. The van der Waals surface area contributed by atoms with E-state index in [0.717, 1.165) is 5.69 Å². The maximum absolute atomic E-state index is 11.1. The van der Waals surface area contributed by atoms with E-state index in [1.165, 1.54) is 12.1 Å². The highest BCUT2D eigenvalue weighted by molar-refractivity contribution is 5.89. The Labute approximate surface area is 150 Å². The van der Waals surface area contributed by atoms with Crippen molar-refractivity contribution in [2.45, 2.75) is 6.92 Å². The van der Waals surface area contributed by atoms with Gasteiger partial charge in [0, 0.05) is 17.4 Å². The number of carbonyl (C=O) groups is 1. The van der Waals surface area contributed by atoms with Crippen LogP contribution in [0, 0.1) is 18.3 Å². The summed E-state index contributed by atoms with van der Waals surface area (Å²) in [5.74, 6) is 0.638. The molecule has 0 bridgehead atoms. The van der Waals surface area contributed by atoms with Gasteiger partial charge >= 0.3 is 5.97 Å². The topological polar surface area (TPSA) is 111 Å². The number of hydrogen-bond acceptors (Lipinski definition) is 6. The van der Waals surface area contributed by atoms with Crippen molar-refractivity contribution in [2.75, 3.05) is 10.6 Å². The molecular formula is C19H15N5O2. The van der Waals surface area contributed by atoms with Crippen molar-refractivity contribution in [3.63, 3.8) is 0 Å². The zero-order chi connectivity index (χ0) is 18.5. The number of nitrogens with one attached hydrogen (secondary N) is 2. The van der Waals surface area contributed by atoms with E-state index in [1.54, 1.807) is 43.3 Å². The minimum Gasteiger partial charge on any atom is -0.478 e. The Morgan fingerprint density at radius 1 is 1.00 bits per heavy atom. The fourth-order valence-corrected chi connectivity index (χ4v) is 2.39. The van der Waals surface area contributed by atoms with E-state index in [4.69, 9.17) is 10.4 Å². The van der Waals surface area contributed by atoms with Crippen LogP contribution in [0.5, 0.6) is 0 Å². The molecule has 128 valence electrons. The summed E-state index contributed by atoms with van der Waals surface area (Å²) in [7, 11) is 0. The van der Waals surface area contributed by atoms with Crippen molar-refractivity contribution in [3.8, 4) is 6.07 Å². The molecule has 3 aromatic rings. The third-order valence-corrected chi connectivity index (χ3v) is 3.48. The summed E-state index contributed by atoms with van der Waals surface area (Å²) in [6.45, 7) is 1.76. The molecule has 0 spiro atoms. The van der Waals surface area contributed by atoms with Gasteiger partial charge < -0.3 is 15.7 Å². The van der Waals surface area contributed by atoms with E-state index in [2.05, 4.69) is 26.7 Å². The van der Waals surface area contributed by atoms with Gasteiger partial charge in [0.2, 0.25) is 0 Å². The van der Waals surface area contributed by atoms with Gasteiger partial charge in [0.05, 0.1) is 17.2 Å². The lowest BCUT2D eigenvalue weighted by molar-refractivity contribution is 0.0697. The zero-order valence-electron chi connectivity index (χ0n) is 13.9. The van der Waals surface area contributed by atoms with Gasteiger partial charge in [-0.2, -0.15) is 5.26 Å². The number of rotatable bonds is 5. The molecular weight excluding hydrogens is 330 g/mol. The Kier molecular flexibility index (Phi) is 4.76. The maximum Gasteiger partial charge on any atom is 0.335 e. The number of anilines is 4. The molecule has 0 unspecified atom stereocenters. The highest BCUT2D eigenvalue weighted by Gasteiger charge is 2.06. The van der Waals surface area contributed by atoms with E-state index in [0.29, 0.717) is 28.7 Å². The van der Waals surface area contributed by atoms with Crippen LogP contribution >= 0.6 is 0 Å². The maximum atomic E-state index is 11.1. The molecule has 3 N–H and O–H groups in total. The highest BCUT2D eigenvalue weighted by atomic mass is 16.4. The molecule has 3 rings (SSSR count). The van der Waals surface area contributed by atoms with Gasteiger partial charge in [-0.3, -0.25) is 0 Å². The van der Waals surface area contributed by atoms with Crippen molar-refractivity contribution < 1.29 is 9.90 Å². The van der Waals surface area contributed by atoms with E-state index < -0.39 is 5.97 Å². The number of nitriles is 1. The molecule has 0 aliphatic heterocycles. The first-order chi connectivity index (χ1) is 12.5. The number of aromatic carboxylic acids is 1. The van der Waals surface area contributed by atoms with Crippen molar-refractivity contribution >= 4 is 29.0 Å². The Morgan fingerprint density at radius 2 is 1.62 bits per heavy atom. The van der Waals surface area contributed by atoms with Gasteiger partial charge in [-0.05, 0) is 43.3 Å². The fourth-order valence-electron chi connectivity index (χ4n) is 2.39. The van der Waals surface area contributed by atoms with Crippen LogP contribution in [0.15, 0.2) is 54.6 Å². The third kappa shape index (κ3) is 4.13. The van der Waals surface area contributed by atoms with E-state index >= 15 is 0 Å². The number of aryl methyl sites for hydroxylation is 1. The zero-order valence-corrected chi connectivity index (χ0v) is 13.9. The molecule has 0 saturated carbocycles. The molecule has 7 heteroatoms. The van der Waals surface area contributed by atoms with Crippen molar-refractivity contribution in [1.82, 2.24) is 9.97 Å². The third-order valence-electron chi connectivity index (χ3n) is 3.48. The minimum absolute atomic E-state index is 0.187. The van der Waals surface area contributed by atoms with Gasteiger partial charge in [-0.25, -0.2) is 14.8 Å². The van der Waals surface area contributed by atoms with Gasteiger partial charge in [0.25, 0.3) is 0 Å². The number of carboxylic acid groups (broad SMARTS) is 1. The molecule has 0 atom stereocenters. The molecule has 0 radical (unpaired) electrons. The molecule has 7 nitrogen and oxygen atoms in total. The molecule has 0 fully saturated rings. The lowest BCUT2D eigenvalue weighted by atomic mass is 10.2. The number of benzene rings is 2. The highest BCUT2D eigenvalue weighted by Crippen LogP contribution is 2.21. The molecule has 2 aromatic carbocycles. The lowest BCUT2D eigenvalue weighted by Crippen LogP contribution is -2.02. The smallest absolute Gasteiger partial charge is 0.335 e. The summed E-state index contributed by atoms with van der Waals surface area (Å²) in [4.78, 5) is 19.7. The minimum atomic E-state index is -0.993. The average molecular weight is 345 g/mol. The van der Waals surface area contributed by atoms with Crippen LogP contribution in [0.1, 0.15) is 21.7 Å². The Hall–Kier alpha value is -3.92. The lowest BCUT2D eigenvalue weighted by Gasteiger charge is -2.11. The predicted molar refractivity (Wildman–Crippen MR) is 97.9 cm³/mol. The summed E-state index contributed by atoms with van der Waals surface area (Å²) < 4.78 is 0. The Balaban J connectivity index is 1.84. The second-order valence-electron chi connectivity index (χ2n) is 5.51. The number of nitrogens with zero attached hydrogens (tertiary/aromatic N) is 3. The fraction of sp³-hybridized carbons (Fsp3) is 0.0526. The van der Waals surface area contributed by atoms with Crippen LogP contribution in [0.3, 0.4) is 0 Å². The first-order valence-electron chi connectivity index (χ1n) is 7.77. The Bertz CT molecular complexity index is 1010. The van der Waals surface area contributed by atoms with Gasteiger partial charge in [0.15, 0.2) is 0 Å². The second kappa shape index (κ2) is 7.32. The van der Waals surface area contributed by atoms with Crippen LogP contribution in [-0.4, -0.2) is 21.0 Å². The van der Waals surface area contributed by atoms with E-state index in [-0.39, 0.29) is 5.56 Å². The standard InChI is InChI=1S/C19H15N5O2/c1-12-21-17(23-15-6-2-4-13(8-15)11-20)10-18(22-12)24-16-7-3-5-14(9-16)19(25)26/h2-10H,1H3,(H,25,26)(H2,21,22,23,24). The van der Waals surface area contributed by atoms with Gasteiger partial charge in [-0.15, -0.1) is 0 Å². The predicted octanol–water partition coefficient (Wildman–Crippen LogP) is 3.84. The summed E-state index contributed by atoms with van der Waals surface area (Å²) >= 11 is 0. The van der Waals surface area contributed by atoms with Crippen LogP contribution in [0.25, 0.3) is 0 Å². The molecule has 0 saturated heterocycles. The SMILES string of the molecule is Cc1nc(Nc2cccc(C#N)c2)cc(Nc2cccc(C(=O)O)c2)n1. The Morgan fingerprint density at radius 3 is 2.23 bits per heavy atom. The molecule has 1 aromatic heterocycles. The number of carboxylic acids is 1. The van der Waals surface area contributed by atoms with Crippen LogP contribution in [0.4, 0.5) is 23.0 Å². The first kappa shape index (κ1) is 16.9. The van der Waals surface area contributed by atoms with E-state index in [9.17, 15) is 4.79 Å². The normalized spacial score (nSPS) is 10.0. The number of aromatic nitrogens is 2. The molecule has 26 heavy (non-hydrogen) atoms. The van der Waals surface area contributed by atoms with Crippen LogP contribution in [0.2, 0.25) is 0 Å².